The molecule has 0 heterocycles. The second kappa shape index (κ2) is 10.8. The Hall–Kier alpha value is -1.39. The maximum atomic E-state index is 11.7. The van der Waals surface area contributed by atoms with E-state index in [1.165, 1.54) is 58.8 Å². The molecular formula is C31H51NO4. The van der Waals surface area contributed by atoms with Crippen LogP contribution in [0.25, 0.3) is 0 Å². The summed E-state index contributed by atoms with van der Waals surface area (Å²) in [5, 5.41) is 4.49. The van der Waals surface area contributed by atoms with Crippen molar-refractivity contribution in [2.24, 2.45) is 57.4 Å². The number of rotatable bonds is 7. The van der Waals surface area contributed by atoms with E-state index < -0.39 is 0 Å². The summed E-state index contributed by atoms with van der Waals surface area (Å²) in [6.45, 7) is 15.2. The number of oxime groups is 1. The quantitative estimate of drug-likeness (QED) is 0.205. The Bertz CT molecular complexity index is 852. The topological polar surface area (TPSA) is 65.0 Å². The second-order valence-corrected chi connectivity index (χ2v) is 13.8. The number of hydrogen-bond donors (Lipinski definition) is 0. The molecule has 0 radical (unpaired) electrons. The third-order valence-electron chi connectivity index (χ3n) is 11.3. The smallest absolute Gasteiger partial charge is 0.331 e. The highest BCUT2D eigenvalue weighted by atomic mass is 16.7. The summed E-state index contributed by atoms with van der Waals surface area (Å²) in [6, 6.07) is 0. The van der Waals surface area contributed by atoms with Crippen molar-refractivity contribution in [3.05, 3.63) is 0 Å². The fourth-order valence-electron chi connectivity index (χ4n) is 9.62. The van der Waals surface area contributed by atoms with Crippen molar-refractivity contribution in [1.82, 2.24) is 0 Å². The van der Waals surface area contributed by atoms with Crippen LogP contribution in [0.5, 0.6) is 0 Å². The largest absolute Gasteiger partial charge is 0.463 e. The van der Waals surface area contributed by atoms with E-state index in [1.807, 2.05) is 0 Å². The Balaban J connectivity index is 1.57. The molecule has 4 rings (SSSR count). The molecule has 5 nitrogen and oxygen atoms in total. The van der Waals surface area contributed by atoms with Crippen LogP contribution in [-0.2, 0) is 19.2 Å². The molecule has 5 heteroatoms. The molecule has 0 bridgehead atoms. The van der Waals surface area contributed by atoms with Gasteiger partial charge < -0.3 is 9.57 Å². The molecule has 0 saturated heterocycles. The number of nitrogens with zero attached hydrogens (tertiary/aromatic N) is 1. The summed E-state index contributed by atoms with van der Waals surface area (Å²) in [4.78, 5) is 28.7. The summed E-state index contributed by atoms with van der Waals surface area (Å²) >= 11 is 0. The number of ether oxygens (including phenoxy) is 1. The fourth-order valence-corrected chi connectivity index (χ4v) is 9.62. The van der Waals surface area contributed by atoms with Gasteiger partial charge in [0.25, 0.3) is 0 Å². The molecule has 0 aromatic carbocycles. The first-order chi connectivity index (χ1) is 17.0. The van der Waals surface area contributed by atoms with Crippen LogP contribution >= 0.6 is 0 Å². The summed E-state index contributed by atoms with van der Waals surface area (Å²) in [6.07, 6.45) is 13.0. The average Bonchev–Trinajstić information content (AvgIpc) is 3.14. The minimum absolute atomic E-state index is 0.0592. The highest BCUT2D eigenvalue weighted by Gasteiger charge is 2.62. The first-order valence-corrected chi connectivity index (χ1v) is 14.9. The zero-order valence-corrected chi connectivity index (χ0v) is 24.0. The molecule has 0 N–H and O–H groups in total. The Morgan fingerprint density at radius 3 is 2.31 bits per heavy atom. The molecular weight excluding hydrogens is 450 g/mol. The maximum Gasteiger partial charge on any atom is 0.331 e. The minimum atomic E-state index is -0.358. The first kappa shape index (κ1) is 27.6. The molecule has 0 aromatic heterocycles. The predicted molar refractivity (Wildman–Crippen MR) is 143 cm³/mol. The van der Waals surface area contributed by atoms with Crippen LogP contribution in [-0.4, -0.2) is 23.8 Å². The van der Waals surface area contributed by atoms with Gasteiger partial charge in [-0.2, -0.15) is 0 Å². The van der Waals surface area contributed by atoms with E-state index in [-0.39, 0.29) is 29.4 Å². The summed E-state index contributed by atoms with van der Waals surface area (Å²) in [5.41, 5.74) is 1.58. The lowest BCUT2D eigenvalue weighted by molar-refractivity contribution is -0.153. The lowest BCUT2D eigenvalue weighted by Gasteiger charge is -2.61. The van der Waals surface area contributed by atoms with Gasteiger partial charge in [0, 0.05) is 19.8 Å². The van der Waals surface area contributed by atoms with Crippen molar-refractivity contribution in [3.63, 3.8) is 0 Å². The van der Waals surface area contributed by atoms with Crippen molar-refractivity contribution in [1.29, 1.82) is 0 Å². The molecule has 0 aromatic rings. The minimum Gasteiger partial charge on any atom is -0.463 e. The summed E-state index contributed by atoms with van der Waals surface area (Å²) in [5.74, 6) is 4.05. The van der Waals surface area contributed by atoms with E-state index in [9.17, 15) is 9.59 Å². The van der Waals surface area contributed by atoms with Crippen LogP contribution < -0.4 is 0 Å². The van der Waals surface area contributed by atoms with Gasteiger partial charge in [0.15, 0.2) is 0 Å². The Kier molecular flexibility index (Phi) is 8.27. The third kappa shape index (κ3) is 5.27. The van der Waals surface area contributed by atoms with Gasteiger partial charge >= 0.3 is 11.9 Å². The third-order valence-corrected chi connectivity index (χ3v) is 11.3. The van der Waals surface area contributed by atoms with Crippen molar-refractivity contribution in [2.75, 3.05) is 0 Å². The van der Waals surface area contributed by atoms with E-state index in [4.69, 9.17) is 9.57 Å². The molecule has 4 aliphatic rings. The van der Waals surface area contributed by atoms with Crippen molar-refractivity contribution < 1.29 is 19.2 Å². The van der Waals surface area contributed by atoms with E-state index in [2.05, 4.69) is 39.8 Å². The van der Waals surface area contributed by atoms with E-state index in [1.54, 1.807) is 0 Å². The molecule has 36 heavy (non-hydrogen) atoms. The lowest BCUT2D eigenvalue weighted by Crippen LogP contribution is -2.57. The molecule has 4 aliphatic carbocycles. The molecule has 7 unspecified atom stereocenters. The number of esters is 1. The standard InChI is InChI=1S/C31H51NO4/c1-19(2)9-8-10-20(3)25-11-12-26-24-18-29(32-36-22(5)34)28-17-23(35-21(4)33)13-15-31(28,7)27(24)14-16-30(25,26)6/h19-20,23-28H,8-18H2,1-7H3/b32-29+/t20-,23?,24?,25?,26?,27?,28-,30?,31?/m1/s1. The van der Waals surface area contributed by atoms with Crippen LogP contribution in [0, 0.1) is 52.3 Å². The lowest BCUT2D eigenvalue weighted by atomic mass is 9.44. The summed E-state index contributed by atoms with van der Waals surface area (Å²) < 4.78 is 5.67. The van der Waals surface area contributed by atoms with Crippen LogP contribution in [0.2, 0.25) is 0 Å². The zero-order valence-electron chi connectivity index (χ0n) is 24.0. The molecule has 0 aliphatic heterocycles. The molecule has 0 spiro atoms. The highest BCUT2D eigenvalue weighted by molar-refractivity contribution is 5.89. The van der Waals surface area contributed by atoms with Gasteiger partial charge in [0.2, 0.25) is 0 Å². The van der Waals surface area contributed by atoms with Crippen LogP contribution in [0.15, 0.2) is 5.16 Å². The SMILES string of the molecule is CC(=O)O/N=C1\CC2C3CCC([C@H](C)CCCC(C)C)C3(C)CCC2C2(C)CCC(OC(C)=O)C[C@H]12. The van der Waals surface area contributed by atoms with Crippen LogP contribution in [0.1, 0.15) is 119 Å². The van der Waals surface area contributed by atoms with Gasteiger partial charge in [0.05, 0.1) is 5.71 Å². The van der Waals surface area contributed by atoms with Gasteiger partial charge in [-0.3, -0.25) is 4.79 Å². The van der Waals surface area contributed by atoms with Crippen LogP contribution in [0.4, 0.5) is 0 Å². The Labute approximate surface area is 219 Å². The van der Waals surface area contributed by atoms with Crippen molar-refractivity contribution in [3.8, 4) is 0 Å². The number of hydrogen-bond acceptors (Lipinski definition) is 5. The van der Waals surface area contributed by atoms with Gasteiger partial charge in [0.1, 0.15) is 6.10 Å². The zero-order chi connectivity index (χ0) is 26.3. The highest BCUT2D eigenvalue weighted by Crippen LogP contribution is 2.68. The van der Waals surface area contributed by atoms with Gasteiger partial charge in [-0.1, -0.05) is 59.0 Å². The van der Waals surface area contributed by atoms with Crippen molar-refractivity contribution in [2.45, 2.75) is 125 Å². The molecule has 204 valence electrons. The van der Waals surface area contributed by atoms with E-state index in [0.717, 1.165) is 55.1 Å². The molecule has 4 saturated carbocycles. The second-order valence-electron chi connectivity index (χ2n) is 13.8. The van der Waals surface area contributed by atoms with E-state index >= 15 is 0 Å². The average molecular weight is 502 g/mol. The molecule has 0 amide bonds. The van der Waals surface area contributed by atoms with Gasteiger partial charge in [-0.05, 0) is 97.7 Å². The maximum absolute atomic E-state index is 11.7. The predicted octanol–water partition coefficient (Wildman–Crippen LogP) is 7.57. The first-order valence-electron chi connectivity index (χ1n) is 14.9. The Morgan fingerprint density at radius 1 is 0.944 bits per heavy atom. The van der Waals surface area contributed by atoms with Gasteiger partial charge in [-0.15, -0.1) is 0 Å². The summed E-state index contributed by atoms with van der Waals surface area (Å²) in [7, 11) is 0. The molecule has 9 atom stereocenters. The number of carbonyl (C=O) groups excluding carboxylic acids is 2. The number of fused-ring (bicyclic) bond motifs is 5. The van der Waals surface area contributed by atoms with Crippen LogP contribution in [0.3, 0.4) is 0 Å². The normalized spacial score (nSPS) is 41.8. The Morgan fingerprint density at radius 2 is 1.64 bits per heavy atom. The van der Waals surface area contributed by atoms with Gasteiger partial charge in [-0.25, -0.2) is 4.79 Å². The van der Waals surface area contributed by atoms with E-state index in [0.29, 0.717) is 17.3 Å². The monoisotopic (exact) mass is 501 g/mol. The molecule has 4 fully saturated rings. The fraction of sp³-hybridized carbons (Fsp3) is 0.903. The number of carbonyl (C=O) groups is 2. The van der Waals surface area contributed by atoms with Crippen molar-refractivity contribution >= 4 is 17.7 Å².